The van der Waals surface area contributed by atoms with Crippen LogP contribution in [0.4, 0.5) is 0 Å². The molecule has 2 atom stereocenters. The number of carbonyl (C=O) groups is 1. The Balaban J connectivity index is 2.58. The SMILES string of the molecule is C=CC(C)C1CCCCCC1=O. The maximum atomic E-state index is 11.6. The molecule has 0 bridgehead atoms. The largest absolute Gasteiger partial charge is 0.299 e. The van der Waals surface area contributed by atoms with Crippen molar-refractivity contribution in [2.45, 2.75) is 39.0 Å². The topological polar surface area (TPSA) is 17.1 Å². The van der Waals surface area contributed by atoms with E-state index in [2.05, 4.69) is 13.5 Å². The van der Waals surface area contributed by atoms with Gasteiger partial charge in [0.05, 0.1) is 0 Å². The van der Waals surface area contributed by atoms with Gasteiger partial charge in [-0.15, -0.1) is 6.58 Å². The number of carbonyl (C=O) groups excluding carboxylic acids is 1. The molecule has 1 saturated carbocycles. The maximum absolute atomic E-state index is 11.6. The molecule has 0 radical (unpaired) electrons. The zero-order valence-electron chi connectivity index (χ0n) is 7.88. The van der Waals surface area contributed by atoms with Gasteiger partial charge in [0.25, 0.3) is 0 Å². The first kappa shape index (κ1) is 9.50. The third-order valence-corrected chi connectivity index (χ3v) is 2.86. The first-order valence-corrected chi connectivity index (χ1v) is 4.91. The fourth-order valence-corrected chi connectivity index (χ4v) is 1.91. The summed E-state index contributed by atoms with van der Waals surface area (Å²) in [6.07, 6.45) is 7.32. The molecule has 1 heteroatoms. The zero-order valence-corrected chi connectivity index (χ0v) is 7.88. The van der Waals surface area contributed by atoms with E-state index in [-0.39, 0.29) is 5.92 Å². The molecule has 0 aromatic carbocycles. The molecule has 0 aliphatic heterocycles. The summed E-state index contributed by atoms with van der Waals surface area (Å²) in [5.41, 5.74) is 0. The van der Waals surface area contributed by atoms with E-state index in [0.717, 1.165) is 19.3 Å². The van der Waals surface area contributed by atoms with E-state index in [0.29, 0.717) is 11.7 Å². The summed E-state index contributed by atoms with van der Waals surface area (Å²) in [6.45, 7) is 5.85. The third-order valence-electron chi connectivity index (χ3n) is 2.86. The van der Waals surface area contributed by atoms with Crippen LogP contribution in [0.15, 0.2) is 12.7 Å². The van der Waals surface area contributed by atoms with Crippen LogP contribution in [0.25, 0.3) is 0 Å². The first-order chi connectivity index (χ1) is 5.75. The smallest absolute Gasteiger partial charge is 0.136 e. The molecule has 0 spiro atoms. The van der Waals surface area contributed by atoms with E-state index in [1.54, 1.807) is 0 Å². The second-order valence-corrected chi connectivity index (χ2v) is 3.77. The molecule has 0 heterocycles. The molecule has 12 heavy (non-hydrogen) atoms. The van der Waals surface area contributed by atoms with Crippen molar-refractivity contribution < 1.29 is 4.79 Å². The van der Waals surface area contributed by atoms with Crippen molar-refractivity contribution in [2.24, 2.45) is 11.8 Å². The van der Waals surface area contributed by atoms with Crippen LogP contribution in [0.1, 0.15) is 39.0 Å². The van der Waals surface area contributed by atoms with Crippen LogP contribution < -0.4 is 0 Å². The van der Waals surface area contributed by atoms with Gasteiger partial charge >= 0.3 is 0 Å². The first-order valence-electron chi connectivity index (χ1n) is 4.91. The molecule has 1 aliphatic carbocycles. The highest BCUT2D eigenvalue weighted by molar-refractivity contribution is 5.81. The van der Waals surface area contributed by atoms with E-state index < -0.39 is 0 Å². The van der Waals surface area contributed by atoms with Gasteiger partial charge in [-0.2, -0.15) is 0 Å². The molecule has 2 unspecified atom stereocenters. The van der Waals surface area contributed by atoms with Crippen molar-refractivity contribution in [1.29, 1.82) is 0 Å². The summed E-state index contributed by atoms with van der Waals surface area (Å²) in [4.78, 5) is 11.6. The maximum Gasteiger partial charge on any atom is 0.136 e. The number of hydrogen-bond donors (Lipinski definition) is 0. The summed E-state index contributed by atoms with van der Waals surface area (Å²) in [5, 5.41) is 0. The summed E-state index contributed by atoms with van der Waals surface area (Å²) in [6, 6.07) is 0. The Labute approximate surface area is 74.9 Å². The van der Waals surface area contributed by atoms with Crippen molar-refractivity contribution >= 4 is 5.78 Å². The Morgan fingerprint density at radius 3 is 2.92 bits per heavy atom. The molecule has 0 aromatic heterocycles. The summed E-state index contributed by atoms with van der Waals surface area (Å²) < 4.78 is 0. The van der Waals surface area contributed by atoms with E-state index in [4.69, 9.17) is 0 Å². The van der Waals surface area contributed by atoms with Crippen LogP contribution in [0, 0.1) is 11.8 Å². The van der Waals surface area contributed by atoms with E-state index in [1.165, 1.54) is 12.8 Å². The van der Waals surface area contributed by atoms with Crippen LogP contribution in [-0.4, -0.2) is 5.78 Å². The average molecular weight is 166 g/mol. The van der Waals surface area contributed by atoms with Gasteiger partial charge in [-0.3, -0.25) is 4.79 Å². The predicted molar refractivity (Wildman–Crippen MR) is 50.9 cm³/mol. The summed E-state index contributed by atoms with van der Waals surface area (Å²) >= 11 is 0. The Kier molecular flexibility index (Phi) is 3.51. The Bertz CT molecular complexity index is 172. The fraction of sp³-hybridized carbons (Fsp3) is 0.727. The highest BCUT2D eigenvalue weighted by atomic mass is 16.1. The van der Waals surface area contributed by atoms with Gasteiger partial charge in [-0.25, -0.2) is 0 Å². The van der Waals surface area contributed by atoms with Crippen LogP contribution in [0.3, 0.4) is 0 Å². The van der Waals surface area contributed by atoms with Gasteiger partial charge in [-0.1, -0.05) is 25.8 Å². The Hall–Kier alpha value is -0.590. The molecular weight excluding hydrogens is 148 g/mol. The van der Waals surface area contributed by atoms with E-state index >= 15 is 0 Å². The molecule has 0 aromatic rings. The van der Waals surface area contributed by atoms with Gasteiger partial charge in [0, 0.05) is 12.3 Å². The number of ketones is 1. The molecule has 1 aliphatic rings. The van der Waals surface area contributed by atoms with Gasteiger partial charge in [0.1, 0.15) is 5.78 Å². The van der Waals surface area contributed by atoms with Crippen LogP contribution >= 0.6 is 0 Å². The number of Topliss-reactive ketones (excluding diaryl/α,β-unsaturated/α-hetero) is 1. The summed E-state index contributed by atoms with van der Waals surface area (Å²) in [7, 11) is 0. The molecular formula is C11H18O. The minimum atomic E-state index is 0.269. The van der Waals surface area contributed by atoms with Crippen LogP contribution in [0.5, 0.6) is 0 Å². The van der Waals surface area contributed by atoms with Gasteiger partial charge in [-0.05, 0) is 18.8 Å². The van der Waals surface area contributed by atoms with Gasteiger partial charge in [0.15, 0.2) is 0 Å². The zero-order chi connectivity index (χ0) is 8.97. The van der Waals surface area contributed by atoms with Crippen molar-refractivity contribution in [3.05, 3.63) is 12.7 Å². The predicted octanol–water partition coefficient (Wildman–Crippen LogP) is 2.96. The highest BCUT2D eigenvalue weighted by Crippen LogP contribution is 2.26. The van der Waals surface area contributed by atoms with Crippen molar-refractivity contribution in [3.8, 4) is 0 Å². The molecule has 0 N–H and O–H groups in total. The lowest BCUT2D eigenvalue weighted by Crippen LogP contribution is -2.18. The quantitative estimate of drug-likeness (QED) is 0.455. The average Bonchev–Trinajstić information content (AvgIpc) is 2.28. The monoisotopic (exact) mass is 166 g/mol. The lowest BCUT2D eigenvalue weighted by Gasteiger charge is -2.17. The fourth-order valence-electron chi connectivity index (χ4n) is 1.91. The van der Waals surface area contributed by atoms with E-state index in [1.807, 2.05) is 6.08 Å². The summed E-state index contributed by atoms with van der Waals surface area (Å²) in [5.74, 6) is 1.10. The normalized spacial score (nSPS) is 27.8. The second-order valence-electron chi connectivity index (χ2n) is 3.77. The lowest BCUT2D eigenvalue weighted by molar-refractivity contribution is -0.123. The highest BCUT2D eigenvalue weighted by Gasteiger charge is 2.23. The minimum absolute atomic E-state index is 0.269. The van der Waals surface area contributed by atoms with Crippen molar-refractivity contribution in [2.75, 3.05) is 0 Å². The number of hydrogen-bond acceptors (Lipinski definition) is 1. The minimum Gasteiger partial charge on any atom is -0.299 e. The number of allylic oxidation sites excluding steroid dienone is 1. The van der Waals surface area contributed by atoms with Crippen LogP contribution in [-0.2, 0) is 4.79 Å². The second kappa shape index (κ2) is 4.44. The standard InChI is InChI=1S/C11H18O/c1-3-9(2)10-7-5-4-6-8-11(10)12/h3,9-10H,1,4-8H2,2H3. The van der Waals surface area contributed by atoms with E-state index in [9.17, 15) is 4.79 Å². The van der Waals surface area contributed by atoms with Crippen molar-refractivity contribution in [1.82, 2.24) is 0 Å². The van der Waals surface area contributed by atoms with Gasteiger partial charge in [0.2, 0.25) is 0 Å². The van der Waals surface area contributed by atoms with Crippen LogP contribution in [0.2, 0.25) is 0 Å². The van der Waals surface area contributed by atoms with Crippen molar-refractivity contribution in [3.63, 3.8) is 0 Å². The molecule has 0 saturated heterocycles. The molecule has 68 valence electrons. The Morgan fingerprint density at radius 2 is 2.25 bits per heavy atom. The third kappa shape index (κ3) is 2.20. The molecule has 1 fully saturated rings. The molecule has 1 nitrogen and oxygen atoms in total. The number of rotatable bonds is 2. The van der Waals surface area contributed by atoms with Gasteiger partial charge < -0.3 is 0 Å². The molecule has 1 rings (SSSR count). The lowest BCUT2D eigenvalue weighted by atomic mass is 9.87. The Morgan fingerprint density at radius 1 is 1.50 bits per heavy atom. The molecule has 0 amide bonds.